The predicted molar refractivity (Wildman–Crippen MR) is 117 cm³/mol. The van der Waals surface area contributed by atoms with Crippen molar-refractivity contribution in [2.24, 2.45) is 0 Å². The van der Waals surface area contributed by atoms with E-state index in [0.29, 0.717) is 35.2 Å². The molecule has 0 aliphatic carbocycles. The van der Waals surface area contributed by atoms with E-state index in [2.05, 4.69) is 9.88 Å². The van der Waals surface area contributed by atoms with Crippen molar-refractivity contribution in [2.75, 3.05) is 18.0 Å². The monoisotopic (exact) mass is 446 g/mol. The second-order valence-corrected chi connectivity index (χ2v) is 10.1. The molecule has 7 nitrogen and oxygen atoms in total. The molecule has 5 rings (SSSR count). The lowest BCUT2D eigenvalue weighted by Gasteiger charge is -2.40. The van der Waals surface area contributed by atoms with Crippen LogP contribution in [0, 0.1) is 0 Å². The Morgan fingerprint density at radius 3 is 2.63 bits per heavy atom. The molecule has 1 amide bonds. The summed E-state index contributed by atoms with van der Waals surface area (Å²) in [5.41, 5.74) is 1.67. The number of nitrogens with zero attached hydrogens (tertiary/aromatic N) is 4. The lowest BCUT2D eigenvalue weighted by atomic mass is 10.2. The highest BCUT2D eigenvalue weighted by atomic mass is 35.5. The molecule has 2 fully saturated rings. The van der Waals surface area contributed by atoms with Gasteiger partial charge in [-0.25, -0.2) is 9.78 Å². The van der Waals surface area contributed by atoms with Gasteiger partial charge in [-0.3, -0.25) is 4.90 Å². The van der Waals surface area contributed by atoms with Gasteiger partial charge < -0.3 is 14.1 Å². The molecule has 0 saturated carbocycles. The van der Waals surface area contributed by atoms with E-state index in [9.17, 15) is 4.79 Å². The second-order valence-electron chi connectivity index (χ2n) is 8.78. The van der Waals surface area contributed by atoms with Crippen molar-refractivity contribution >= 4 is 46.1 Å². The zero-order valence-electron chi connectivity index (χ0n) is 17.1. The van der Waals surface area contributed by atoms with E-state index in [1.54, 1.807) is 17.5 Å². The molecule has 1 aromatic carbocycles. The highest BCUT2D eigenvalue weighted by Crippen LogP contribution is 2.39. The van der Waals surface area contributed by atoms with E-state index in [4.69, 9.17) is 25.7 Å². The maximum absolute atomic E-state index is 12.7. The molecule has 2 atom stereocenters. The van der Waals surface area contributed by atoms with Gasteiger partial charge in [-0.1, -0.05) is 11.6 Å². The molecule has 2 aliphatic heterocycles. The average molecular weight is 447 g/mol. The van der Waals surface area contributed by atoms with Crippen LogP contribution in [0.4, 0.5) is 10.8 Å². The van der Waals surface area contributed by atoms with Gasteiger partial charge in [-0.05, 0) is 45.7 Å². The lowest BCUT2D eigenvalue weighted by Crippen LogP contribution is -2.56. The second kappa shape index (κ2) is 7.13. The van der Waals surface area contributed by atoms with Crippen LogP contribution >= 0.6 is 22.9 Å². The molecule has 30 heavy (non-hydrogen) atoms. The number of oxazole rings is 1. The van der Waals surface area contributed by atoms with Gasteiger partial charge >= 0.3 is 6.09 Å². The first kappa shape index (κ1) is 19.6. The van der Waals surface area contributed by atoms with Gasteiger partial charge in [0.15, 0.2) is 5.58 Å². The normalized spacial score (nSPS) is 21.5. The van der Waals surface area contributed by atoms with Crippen LogP contribution in [0.3, 0.4) is 0 Å². The molecule has 0 N–H and O–H groups in total. The molecule has 2 saturated heterocycles. The third kappa shape index (κ3) is 3.41. The standard InChI is InChI=1S/C21H23ClN4O3S/c1-21(2,3)29-20(27)26-12-4-5-13(26)11-25(10-12)19-24-16-15(22)7-6-14(17(16)28-19)18-23-8-9-30-18/h6-9,12-13H,4-5,10-11H2,1-3H3. The zero-order chi connectivity index (χ0) is 21.0. The summed E-state index contributed by atoms with van der Waals surface area (Å²) in [6, 6.07) is 4.46. The minimum Gasteiger partial charge on any atom is -0.444 e. The van der Waals surface area contributed by atoms with Gasteiger partial charge in [0, 0.05) is 24.7 Å². The Balaban J connectivity index is 1.43. The van der Waals surface area contributed by atoms with Crippen molar-refractivity contribution in [3.63, 3.8) is 0 Å². The number of aromatic nitrogens is 2. The molecule has 0 spiro atoms. The minimum absolute atomic E-state index is 0.0857. The molecular weight excluding hydrogens is 424 g/mol. The summed E-state index contributed by atoms with van der Waals surface area (Å²) in [5, 5.41) is 3.35. The summed E-state index contributed by atoms with van der Waals surface area (Å²) in [4.78, 5) is 25.8. The molecule has 2 aromatic heterocycles. The number of halogens is 1. The van der Waals surface area contributed by atoms with Crippen molar-refractivity contribution in [1.82, 2.24) is 14.9 Å². The first-order chi connectivity index (χ1) is 14.3. The number of hydrogen-bond donors (Lipinski definition) is 0. The number of amides is 1. The molecule has 158 valence electrons. The van der Waals surface area contributed by atoms with Crippen molar-refractivity contribution in [2.45, 2.75) is 51.3 Å². The van der Waals surface area contributed by atoms with E-state index in [1.807, 2.05) is 43.2 Å². The largest absolute Gasteiger partial charge is 0.444 e. The van der Waals surface area contributed by atoms with Crippen LogP contribution in [-0.2, 0) is 4.74 Å². The Bertz CT molecular complexity index is 1080. The number of thiazole rings is 1. The van der Waals surface area contributed by atoms with Crippen LogP contribution in [0.1, 0.15) is 33.6 Å². The molecule has 3 aromatic rings. The molecule has 4 heterocycles. The summed E-state index contributed by atoms with van der Waals surface area (Å²) in [6.07, 6.45) is 3.43. The third-order valence-corrected chi connectivity index (χ3v) is 6.61. The predicted octanol–water partition coefficient (Wildman–Crippen LogP) is 5.19. The van der Waals surface area contributed by atoms with Crippen molar-refractivity contribution in [3.8, 4) is 10.6 Å². The van der Waals surface area contributed by atoms with Crippen LogP contribution in [0.15, 0.2) is 28.1 Å². The Morgan fingerprint density at radius 1 is 1.27 bits per heavy atom. The van der Waals surface area contributed by atoms with Gasteiger partial charge in [0.2, 0.25) is 0 Å². The van der Waals surface area contributed by atoms with Crippen molar-refractivity contribution in [3.05, 3.63) is 28.7 Å². The minimum atomic E-state index is -0.503. The molecule has 2 aliphatic rings. The number of benzene rings is 1. The Kier molecular flexibility index (Phi) is 4.67. The Labute approximate surface area is 183 Å². The van der Waals surface area contributed by atoms with Gasteiger partial charge in [0.25, 0.3) is 6.01 Å². The van der Waals surface area contributed by atoms with Gasteiger partial charge in [-0.2, -0.15) is 4.98 Å². The number of rotatable bonds is 2. The Hall–Kier alpha value is -2.32. The van der Waals surface area contributed by atoms with Crippen LogP contribution < -0.4 is 4.90 Å². The smallest absolute Gasteiger partial charge is 0.410 e. The average Bonchev–Trinajstić information content (AvgIpc) is 3.39. The highest BCUT2D eigenvalue weighted by molar-refractivity contribution is 7.13. The lowest BCUT2D eigenvalue weighted by molar-refractivity contribution is 0.0120. The summed E-state index contributed by atoms with van der Waals surface area (Å²) < 4.78 is 11.8. The first-order valence-electron chi connectivity index (χ1n) is 10.1. The van der Waals surface area contributed by atoms with Crippen LogP contribution in [0.25, 0.3) is 21.7 Å². The Morgan fingerprint density at radius 2 is 2.00 bits per heavy atom. The van der Waals surface area contributed by atoms with Gasteiger partial charge in [0.1, 0.15) is 16.1 Å². The maximum Gasteiger partial charge on any atom is 0.410 e. The molecule has 2 bridgehead atoms. The maximum atomic E-state index is 12.7. The summed E-state index contributed by atoms with van der Waals surface area (Å²) in [7, 11) is 0. The summed E-state index contributed by atoms with van der Waals surface area (Å²) >= 11 is 7.96. The number of fused-ring (bicyclic) bond motifs is 3. The SMILES string of the molecule is CC(C)(C)OC(=O)N1C2CCC1CN(c1nc3c(Cl)ccc(-c4nccs4)c3o1)C2. The fourth-order valence-electron chi connectivity index (χ4n) is 4.30. The number of hydrogen-bond acceptors (Lipinski definition) is 7. The molecule has 0 radical (unpaired) electrons. The van der Waals surface area contributed by atoms with Crippen LogP contribution in [0.2, 0.25) is 5.02 Å². The van der Waals surface area contributed by atoms with E-state index >= 15 is 0 Å². The number of anilines is 1. The highest BCUT2D eigenvalue weighted by Gasteiger charge is 2.45. The van der Waals surface area contributed by atoms with Crippen molar-refractivity contribution < 1.29 is 13.9 Å². The van der Waals surface area contributed by atoms with E-state index in [-0.39, 0.29) is 18.2 Å². The number of carbonyl (C=O) groups excluding carboxylic acids is 1. The third-order valence-electron chi connectivity index (χ3n) is 5.50. The van der Waals surface area contributed by atoms with E-state index in [1.165, 1.54) is 0 Å². The number of ether oxygens (including phenoxy) is 1. The molecular formula is C21H23ClN4O3S. The van der Waals surface area contributed by atoms with Gasteiger partial charge in [0.05, 0.1) is 22.7 Å². The van der Waals surface area contributed by atoms with Crippen LogP contribution in [0.5, 0.6) is 0 Å². The van der Waals surface area contributed by atoms with Gasteiger partial charge in [-0.15, -0.1) is 11.3 Å². The zero-order valence-corrected chi connectivity index (χ0v) is 18.7. The summed E-state index contributed by atoms with van der Waals surface area (Å²) in [5.74, 6) is 0. The van der Waals surface area contributed by atoms with E-state index in [0.717, 1.165) is 23.4 Å². The summed E-state index contributed by atoms with van der Waals surface area (Å²) in [6.45, 7) is 7.00. The topological polar surface area (TPSA) is 71.7 Å². The molecule has 2 unspecified atom stereocenters. The molecule has 9 heteroatoms. The number of piperazine rings is 1. The van der Waals surface area contributed by atoms with E-state index < -0.39 is 5.60 Å². The first-order valence-corrected chi connectivity index (χ1v) is 11.3. The quantitative estimate of drug-likeness (QED) is 0.539. The van der Waals surface area contributed by atoms with Crippen molar-refractivity contribution in [1.29, 1.82) is 0 Å². The fraction of sp³-hybridized carbons (Fsp3) is 0.476. The number of carbonyl (C=O) groups is 1. The van der Waals surface area contributed by atoms with Crippen LogP contribution in [-0.4, -0.2) is 51.7 Å². The fourth-order valence-corrected chi connectivity index (χ4v) is 5.15.